The number of esters is 2. The minimum absolute atomic E-state index is 0.0118. The number of piperazine rings is 2. The first-order valence-electron chi connectivity index (χ1n) is 27.7. The summed E-state index contributed by atoms with van der Waals surface area (Å²) in [6, 6.07) is 36.8. The lowest BCUT2D eigenvalue weighted by molar-refractivity contribution is -0.166. The summed E-state index contributed by atoms with van der Waals surface area (Å²) >= 11 is 3.61. The van der Waals surface area contributed by atoms with Crippen LogP contribution in [0.4, 0.5) is 11.4 Å². The number of hydrogen-bond acceptors (Lipinski definition) is 16. The molecule has 0 saturated carbocycles. The van der Waals surface area contributed by atoms with E-state index in [1.807, 2.05) is 55.5 Å². The summed E-state index contributed by atoms with van der Waals surface area (Å²) in [7, 11) is 0. The van der Waals surface area contributed by atoms with Crippen LogP contribution in [0.25, 0.3) is 42.0 Å². The summed E-state index contributed by atoms with van der Waals surface area (Å²) in [5, 5.41) is 8.96. The fraction of sp³-hybridized carbons (Fsp3) is 0.419. The van der Waals surface area contributed by atoms with Crippen LogP contribution in [0.2, 0.25) is 0 Å². The third kappa shape index (κ3) is 13.9. The predicted octanol–water partition coefficient (Wildman–Crippen LogP) is 12.5. The monoisotopic (exact) mass is 1090 g/mol. The Kier molecular flexibility index (Phi) is 18.4. The number of rotatable bonds is 26. The number of pyridine rings is 2. The first kappa shape index (κ1) is 54.6. The van der Waals surface area contributed by atoms with E-state index in [4.69, 9.17) is 28.4 Å². The molecule has 14 nitrogen and oxygen atoms in total. The lowest BCUT2D eigenvalue weighted by Gasteiger charge is -2.36. The van der Waals surface area contributed by atoms with Crippen LogP contribution in [-0.4, -0.2) is 124 Å². The van der Waals surface area contributed by atoms with Gasteiger partial charge in [0.05, 0.1) is 29.7 Å². The molecule has 2 aliphatic rings. The average molecular weight is 1090 g/mol. The van der Waals surface area contributed by atoms with E-state index in [0.29, 0.717) is 31.4 Å². The van der Waals surface area contributed by atoms with E-state index in [0.717, 1.165) is 131 Å². The molecule has 2 saturated heterocycles. The molecule has 2 aliphatic heterocycles. The highest BCUT2D eigenvalue weighted by molar-refractivity contribution is 7.17. The van der Waals surface area contributed by atoms with Gasteiger partial charge in [-0.1, -0.05) is 25.5 Å². The average Bonchev–Trinajstić information content (AvgIpc) is 4.18. The van der Waals surface area contributed by atoms with Crippen molar-refractivity contribution < 1.29 is 38.0 Å². The van der Waals surface area contributed by atoms with Crippen LogP contribution in [0.1, 0.15) is 65.7 Å². The lowest BCUT2D eigenvalue weighted by Crippen LogP contribution is -2.46. The van der Waals surface area contributed by atoms with E-state index >= 15 is 0 Å². The maximum absolute atomic E-state index is 13.6. The molecule has 0 bridgehead atoms. The molecule has 16 heteroatoms. The minimum atomic E-state index is -1.01. The van der Waals surface area contributed by atoms with Gasteiger partial charge >= 0.3 is 11.9 Å². The van der Waals surface area contributed by atoms with Gasteiger partial charge in [-0.25, -0.2) is 9.97 Å². The molecular formula is C62H72N6O8S2. The van der Waals surface area contributed by atoms with Gasteiger partial charge in [-0.05, 0) is 149 Å². The van der Waals surface area contributed by atoms with Crippen molar-refractivity contribution in [3.05, 3.63) is 120 Å². The zero-order chi connectivity index (χ0) is 53.7. The molecule has 0 spiro atoms. The van der Waals surface area contributed by atoms with Gasteiger partial charge in [0, 0.05) is 125 Å². The second kappa shape index (κ2) is 26.3. The van der Waals surface area contributed by atoms with E-state index in [1.54, 1.807) is 48.7 Å². The molecular weight excluding hydrogens is 1020 g/mol. The number of ether oxygens (including phenoxy) is 6. The largest absolute Gasteiger partial charge is 0.494 e. The highest BCUT2D eigenvalue weighted by Crippen LogP contribution is 2.36. The Balaban J connectivity index is 0.605. The number of hydrogen-bond donors (Lipinski definition) is 0. The second-order valence-electron chi connectivity index (χ2n) is 20.9. The van der Waals surface area contributed by atoms with Gasteiger partial charge in [-0.2, -0.15) is 0 Å². The van der Waals surface area contributed by atoms with Gasteiger partial charge in [0.15, 0.2) is 0 Å². The van der Waals surface area contributed by atoms with Crippen molar-refractivity contribution in [2.24, 2.45) is 11.3 Å². The molecule has 8 aromatic rings. The van der Waals surface area contributed by atoms with Crippen LogP contribution >= 0.6 is 22.7 Å². The van der Waals surface area contributed by atoms with Crippen LogP contribution < -0.4 is 28.7 Å². The van der Waals surface area contributed by atoms with Crippen LogP contribution in [0.3, 0.4) is 0 Å². The first-order valence-corrected chi connectivity index (χ1v) is 29.5. The first-order chi connectivity index (χ1) is 38.2. The Bertz CT molecular complexity index is 3260. The molecule has 4 aromatic heterocycles. The molecule has 78 heavy (non-hydrogen) atoms. The van der Waals surface area contributed by atoms with Crippen molar-refractivity contribution in [3.63, 3.8) is 0 Å². The number of fused-ring (bicyclic) bond motifs is 4. The normalized spacial score (nSPS) is 15.0. The summed E-state index contributed by atoms with van der Waals surface area (Å²) in [5.74, 6) is 0.839. The number of carbonyl (C=O) groups is 2. The van der Waals surface area contributed by atoms with E-state index < -0.39 is 17.4 Å². The van der Waals surface area contributed by atoms with Crippen LogP contribution in [0.5, 0.6) is 23.3 Å². The van der Waals surface area contributed by atoms with Crippen molar-refractivity contribution >= 4 is 88.0 Å². The third-order valence-electron chi connectivity index (χ3n) is 15.3. The Morgan fingerprint density at radius 1 is 0.577 bits per heavy atom. The summed E-state index contributed by atoms with van der Waals surface area (Å²) < 4.78 is 37.8. The zero-order valence-electron chi connectivity index (χ0n) is 45.2. The summed E-state index contributed by atoms with van der Waals surface area (Å²) in [6.45, 7) is 16.7. The van der Waals surface area contributed by atoms with Gasteiger partial charge in [-0.15, -0.1) is 22.7 Å². The van der Waals surface area contributed by atoms with Crippen molar-refractivity contribution in [1.82, 2.24) is 19.8 Å². The topological polar surface area (TPSA) is 128 Å². The summed E-state index contributed by atoms with van der Waals surface area (Å²) in [6.07, 6.45) is 5.43. The van der Waals surface area contributed by atoms with E-state index in [9.17, 15) is 9.59 Å². The Morgan fingerprint density at radius 2 is 1.06 bits per heavy atom. The molecule has 4 aromatic carbocycles. The van der Waals surface area contributed by atoms with Gasteiger partial charge in [0.1, 0.15) is 11.5 Å². The van der Waals surface area contributed by atoms with Crippen LogP contribution in [0.15, 0.2) is 120 Å². The van der Waals surface area contributed by atoms with Gasteiger partial charge < -0.3 is 38.2 Å². The Morgan fingerprint density at radius 3 is 1.56 bits per heavy atom. The molecule has 1 unspecified atom stereocenters. The number of thiophene rings is 2. The van der Waals surface area contributed by atoms with Crippen molar-refractivity contribution in [2.45, 2.75) is 65.7 Å². The molecule has 0 radical (unpaired) electrons. The van der Waals surface area contributed by atoms with Crippen LogP contribution in [0, 0.1) is 11.3 Å². The number of carbonyl (C=O) groups excluding carboxylic acids is 2. The number of benzene rings is 4. The Labute approximate surface area is 465 Å². The van der Waals surface area contributed by atoms with E-state index in [1.165, 1.54) is 31.5 Å². The summed E-state index contributed by atoms with van der Waals surface area (Å²) in [5.41, 5.74) is 3.13. The van der Waals surface area contributed by atoms with Gasteiger partial charge in [0.25, 0.3) is 0 Å². The molecule has 1 atom stereocenters. The van der Waals surface area contributed by atoms with Crippen molar-refractivity contribution in [2.75, 3.05) is 102 Å². The highest BCUT2D eigenvalue weighted by Gasteiger charge is 2.39. The molecule has 6 heterocycles. The standard InChI is InChI=1S/C62H72N6O8S2/c1-4-11-47(40-60(69)75-43-73-58-22-18-45-16-20-48(41-52(45)63-58)71-36-7-5-26-65-28-32-67(33-29-65)54-12-9-14-56-50(54)24-38-77-56)62(2,3)61(70)76-44-74-59-23-19-46-17-21-49(42-53(46)64-59)72-37-8-6-27-66-30-34-68(35-31-66)55-13-10-15-57-51(55)25-39-78-57/h9-10,12-25,38-39,41-42,47H,4-8,11,26-37,40,43-44H2,1-3H3. The maximum Gasteiger partial charge on any atom is 0.314 e. The highest BCUT2D eigenvalue weighted by atomic mass is 32.1. The van der Waals surface area contributed by atoms with Gasteiger partial charge in [-0.3, -0.25) is 19.4 Å². The molecule has 0 aliphatic carbocycles. The minimum Gasteiger partial charge on any atom is -0.494 e. The maximum atomic E-state index is 13.6. The Hall–Kier alpha value is -6.72. The second-order valence-corrected chi connectivity index (χ2v) is 22.8. The lowest BCUT2D eigenvalue weighted by atomic mass is 9.74. The van der Waals surface area contributed by atoms with Crippen LogP contribution in [-0.2, 0) is 19.1 Å². The van der Waals surface area contributed by atoms with Crippen molar-refractivity contribution in [3.8, 4) is 23.3 Å². The molecule has 0 N–H and O–H groups in total. The SMILES string of the molecule is CCCC(CC(=O)OCOc1ccc2ccc(OCCCCN3CCN(c4cccc5sccc45)CC3)cc2n1)C(C)(C)C(=O)OCOc1ccc2ccc(OCCCCN3CCN(c4cccc5sccc45)CC3)cc2n1. The fourth-order valence-corrected chi connectivity index (χ4v) is 12.3. The van der Waals surface area contributed by atoms with E-state index in [2.05, 4.69) is 88.9 Å². The summed E-state index contributed by atoms with van der Waals surface area (Å²) in [4.78, 5) is 46.2. The van der Waals surface area contributed by atoms with Gasteiger partial charge in [0.2, 0.25) is 25.3 Å². The fourth-order valence-electron chi connectivity index (χ4n) is 10.7. The number of anilines is 2. The number of nitrogens with zero attached hydrogens (tertiary/aromatic N) is 6. The number of aromatic nitrogens is 2. The third-order valence-corrected chi connectivity index (χ3v) is 17.1. The van der Waals surface area contributed by atoms with Crippen molar-refractivity contribution in [1.29, 1.82) is 0 Å². The zero-order valence-corrected chi connectivity index (χ0v) is 46.9. The molecule has 2 fully saturated rings. The molecule has 10 rings (SSSR count). The number of unbranched alkanes of at least 4 members (excludes halogenated alkanes) is 2. The smallest absolute Gasteiger partial charge is 0.314 e. The van der Waals surface area contributed by atoms with E-state index in [-0.39, 0.29) is 25.9 Å². The molecule has 410 valence electrons. The quantitative estimate of drug-likeness (QED) is 0.0290. The predicted molar refractivity (Wildman–Crippen MR) is 314 cm³/mol. The molecule has 0 amide bonds.